The lowest BCUT2D eigenvalue weighted by molar-refractivity contribution is 0.222. The van der Waals surface area contributed by atoms with Crippen molar-refractivity contribution in [1.82, 2.24) is 19.8 Å². The molecule has 1 aliphatic rings. The van der Waals surface area contributed by atoms with Crippen molar-refractivity contribution >= 4 is 10.0 Å². The Morgan fingerprint density at radius 1 is 1.40 bits per heavy atom. The fraction of sp³-hybridized carbons (Fsp3) is 0.769. The number of nitrogens with zero attached hydrogens (tertiary/aromatic N) is 2. The zero-order chi connectivity index (χ0) is 14.8. The van der Waals surface area contributed by atoms with E-state index in [1.54, 1.807) is 10.5 Å². The molecule has 1 saturated heterocycles. The number of H-pyrrole nitrogens is 1. The van der Waals surface area contributed by atoms with E-state index in [1.807, 2.05) is 6.92 Å². The molecule has 114 valence electrons. The van der Waals surface area contributed by atoms with E-state index >= 15 is 0 Å². The fourth-order valence-corrected chi connectivity index (χ4v) is 4.62. The van der Waals surface area contributed by atoms with Gasteiger partial charge in [0, 0.05) is 25.2 Å². The second kappa shape index (κ2) is 6.24. The van der Waals surface area contributed by atoms with Crippen LogP contribution in [0, 0.1) is 11.8 Å². The van der Waals surface area contributed by atoms with E-state index in [4.69, 9.17) is 0 Å². The Kier molecular flexibility index (Phi) is 4.82. The van der Waals surface area contributed by atoms with Gasteiger partial charge in [0.2, 0.25) is 0 Å². The summed E-state index contributed by atoms with van der Waals surface area (Å²) in [4.78, 5) is 0. The van der Waals surface area contributed by atoms with Crippen LogP contribution in [0.2, 0.25) is 0 Å². The summed E-state index contributed by atoms with van der Waals surface area (Å²) in [7, 11) is -3.47. The van der Waals surface area contributed by atoms with Crippen molar-refractivity contribution in [3.05, 3.63) is 11.8 Å². The molecule has 0 bridgehead atoms. The Morgan fingerprint density at radius 3 is 2.65 bits per heavy atom. The quantitative estimate of drug-likeness (QED) is 0.856. The minimum Gasteiger partial charge on any atom is -0.313 e. The maximum Gasteiger partial charge on any atom is 0.260 e. The third-order valence-electron chi connectivity index (χ3n) is 3.68. The number of nitrogens with one attached hydrogen (secondary N) is 2. The second-order valence-electron chi connectivity index (χ2n) is 5.77. The highest BCUT2D eigenvalue weighted by atomic mass is 32.2. The zero-order valence-electron chi connectivity index (χ0n) is 12.4. The molecule has 0 radical (unpaired) electrons. The summed E-state index contributed by atoms with van der Waals surface area (Å²) in [6.07, 6.45) is 2.67. The van der Waals surface area contributed by atoms with Crippen molar-refractivity contribution in [3.8, 4) is 0 Å². The molecule has 0 saturated carbocycles. The molecular formula is C13H24N4O2S. The van der Waals surface area contributed by atoms with Crippen molar-refractivity contribution in [1.29, 1.82) is 0 Å². The molecule has 0 spiro atoms. The molecule has 1 aromatic heterocycles. The van der Waals surface area contributed by atoms with Crippen LogP contribution in [0.25, 0.3) is 0 Å². The Bertz CT molecular complexity index is 530. The minimum atomic E-state index is -3.47. The van der Waals surface area contributed by atoms with Gasteiger partial charge in [-0.05, 0) is 24.8 Å². The fourth-order valence-electron chi connectivity index (χ4n) is 2.84. The molecule has 2 atom stereocenters. The van der Waals surface area contributed by atoms with Crippen LogP contribution in [0.1, 0.15) is 32.8 Å². The van der Waals surface area contributed by atoms with Gasteiger partial charge in [-0.15, -0.1) is 0 Å². The van der Waals surface area contributed by atoms with E-state index in [9.17, 15) is 8.42 Å². The first-order valence-corrected chi connectivity index (χ1v) is 8.62. The van der Waals surface area contributed by atoms with Crippen LogP contribution in [-0.4, -0.2) is 42.6 Å². The molecule has 1 aromatic rings. The molecule has 0 aliphatic carbocycles. The Morgan fingerprint density at radius 2 is 2.05 bits per heavy atom. The van der Waals surface area contributed by atoms with Crippen LogP contribution in [0.3, 0.4) is 0 Å². The van der Waals surface area contributed by atoms with Gasteiger partial charge in [-0.1, -0.05) is 20.8 Å². The Hall–Kier alpha value is -0.920. The maximum absolute atomic E-state index is 12.8. The van der Waals surface area contributed by atoms with Crippen LogP contribution in [0.4, 0.5) is 0 Å². The van der Waals surface area contributed by atoms with Gasteiger partial charge in [0.05, 0.1) is 6.20 Å². The summed E-state index contributed by atoms with van der Waals surface area (Å²) in [6, 6.07) is 0. The van der Waals surface area contributed by atoms with Gasteiger partial charge in [-0.3, -0.25) is 5.10 Å². The van der Waals surface area contributed by atoms with E-state index in [0.29, 0.717) is 37.0 Å². The number of aromatic nitrogens is 2. The molecule has 2 unspecified atom stereocenters. The second-order valence-corrected chi connectivity index (χ2v) is 7.65. The SMILES string of the molecule is CCNCc1cn[nH]c1S(=O)(=O)N1CC(C)CC(C)C1. The van der Waals surface area contributed by atoms with Crippen LogP contribution in [0.15, 0.2) is 11.2 Å². The van der Waals surface area contributed by atoms with Crippen LogP contribution in [0.5, 0.6) is 0 Å². The van der Waals surface area contributed by atoms with E-state index < -0.39 is 10.0 Å². The van der Waals surface area contributed by atoms with Crippen molar-refractivity contribution in [2.45, 2.75) is 38.8 Å². The average Bonchev–Trinajstić information content (AvgIpc) is 2.84. The van der Waals surface area contributed by atoms with Crippen LogP contribution < -0.4 is 5.32 Å². The lowest BCUT2D eigenvalue weighted by atomic mass is 9.94. The summed E-state index contributed by atoms with van der Waals surface area (Å²) in [5.41, 5.74) is 0.706. The van der Waals surface area contributed by atoms with E-state index in [-0.39, 0.29) is 5.03 Å². The normalized spacial score (nSPS) is 24.9. The molecule has 20 heavy (non-hydrogen) atoms. The molecule has 1 fully saturated rings. The van der Waals surface area contributed by atoms with Gasteiger partial charge < -0.3 is 5.32 Å². The molecule has 2 rings (SSSR count). The summed E-state index contributed by atoms with van der Waals surface area (Å²) in [6.45, 7) is 8.68. The van der Waals surface area contributed by atoms with Gasteiger partial charge in [0.15, 0.2) is 5.03 Å². The number of hydrogen-bond acceptors (Lipinski definition) is 4. The van der Waals surface area contributed by atoms with Crippen LogP contribution in [-0.2, 0) is 16.6 Å². The zero-order valence-corrected chi connectivity index (χ0v) is 13.2. The van der Waals surface area contributed by atoms with E-state index in [1.165, 1.54) is 0 Å². The average molecular weight is 300 g/mol. The lowest BCUT2D eigenvalue weighted by Gasteiger charge is -2.33. The highest BCUT2D eigenvalue weighted by Gasteiger charge is 2.33. The minimum absolute atomic E-state index is 0.236. The van der Waals surface area contributed by atoms with Crippen molar-refractivity contribution in [3.63, 3.8) is 0 Å². The number of rotatable bonds is 5. The molecule has 7 heteroatoms. The van der Waals surface area contributed by atoms with E-state index in [0.717, 1.165) is 13.0 Å². The monoisotopic (exact) mass is 300 g/mol. The third kappa shape index (κ3) is 3.21. The maximum atomic E-state index is 12.8. The van der Waals surface area contributed by atoms with Gasteiger partial charge >= 0.3 is 0 Å². The van der Waals surface area contributed by atoms with E-state index in [2.05, 4.69) is 29.4 Å². The summed E-state index contributed by atoms with van der Waals surface area (Å²) in [5.74, 6) is 0.794. The Balaban J connectivity index is 2.23. The molecule has 0 amide bonds. The third-order valence-corrected chi connectivity index (χ3v) is 5.52. The molecule has 6 nitrogen and oxygen atoms in total. The van der Waals surface area contributed by atoms with Crippen molar-refractivity contribution < 1.29 is 8.42 Å². The molecule has 0 aromatic carbocycles. The first kappa shape index (κ1) is 15.5. The number of sulfonamides is 1. The standard InChI is InChI=1S/C13H24N4O2S/c1-4-14-6-12-7-15-16-13(12)20(18,19)17-8-10(2)5-11(3)9-17/h7,10-11,14H,4-6,8-9H2,1-3H3,(H,15,16). The number of hydrogen-bond donors (Lipinski definition) is 2. The first-order chi connectivity index (χ1) is 9.45. The van der Waals surface area contributed by atoms with Gasteiger partial charge in [0.25, 0.3) is 10.0 Å². The van der Waals surface area contributed by atoms with Crippen molar-refractivity contribution in [2.75, 3.05) is 19.6 Å². The largest absolute Gasteiger partial charge is 0.313 e. The van der Waals surface area contributed by atoms with Crippen molar-refractivity contribution in [2.24, 2.45) is 11.8 Å². The summed E-state index contributed by atoms with van der Waals surface area (Å²) >= 11 is 0. The van der Waals surface area contributed by atoms with Crippen LogP contribution >= 0.6 is 0 Å². The molecule has 1 aliphatic heterocycles. The Labute approximate surface area is 121 Å². The predicted molar refractivity (Wildman–Crippen MR) is 77.7 cm³/mol. The molecule has 2 heterocycles. The first-order valence-electron chi connectivity index (χ1n) is 7.18. The van der Waals surface area contributed by atoms with Gasteiger partial charge in [0.1, 0.15) is 0 Å². The summed E-state index contributed by atoms with van der Waals surface area (Å²) < 4.78 is 27.1. The number of piperidine rings is 1. The number of aromatic amines is 1. The highest BCUT2D eigenvalue weighted by Crippen LogP contribution is 2.27. The van der Waals surface area contributed by atoms with Gasteiger partial charge in [-0.2, -0.15) is 9.40 Å². The molecule has 2 N–H and O–H groups in total. The summed E-state index contributed by atoms with van der Waals surface area (Å²) in [5, 5.41) is 9.94. The lowest BCUT2D eigenvalue weighted by Crippen LogP contribution is -2.43. The molecular weight excluding hydrogens is 276 g/mol. The predicted octanol–water partition coefficient (Wildman–Crippen LogP) is 1.19. The topological polar surface area (TPSA) is 78.1 Å². The smallest absolute Gasteiger partial charge is 0.260 e. The highest BCUT2D eigenvalue weighted by molar-refractivity contribution is 7.89. The van der Waals surface area contributed by atoms with Gasteiger partial charge in [-0.25, -0.2) is 8.42 Å².